The summed E-state index contributed by atoms with van der Waals surface area (Å²) in [5, 5.41) is 8.73. The van der Waals surface area contributed by atoms with Gasteiger partial charge in [0.1, 0.15) is 23.5 Å². The lowest BCUT2D eigenvalue weighted by molar-refractivity contribution is -0.140. The average molecular weight is 525 g/mol. The SMILES string of the molecule is CNc1nc(C(CCCNc2cc(C)nc(N)n2)NC(=O)OC(C)(C)C)nc2c1ncn2CC(F)(F)F. The first kappa shape index (κ1) is 27.7. The number of alkyl carbamates (subject to hydrolysis) is 1. The van der Waals surface area contributed by atoms with Gasteiger partial charge in [-0.2, -0.15) is 18.2 Å². The van der Waals surface area contributed by atoms with Gasteiger partial charge in [0.15, 0.2) is 17.3 Å². The maximum Gasteiger partial charge on any atom is 0.408 e. The Kier molecular flexibility index (Phi) is 8.23. The first-order valence-corrected chi connectivity index (χ1v) is 11.6. The van der Waals surface area contributed by atoms with Crippen LogP contribution in [0.5, 0.6) is 0 Å². The summed E-state index contributed by atoms with van der Waals surface area (Å²) in [7, 11) is 1.57. The summed E-state index contributed by atoms with van der Waals surface area (Å²) < 4.78 is 45.6. The highest BCUT2D eigenvalue weighted by atomic mass is 19.4. The number of hydrogen-bond acceptors (Lipinski definition) is 10. The van der Waals surface area contributed by atoms with E-state index in [0.29, 0.717) is 30.9 Å². The van der Waals surface area contributed by atoms with Gasteiger partial charge < -0.3 is 31.0 Å². The Bertz CT molecular complexity index is 1220. The van der Waals surface area contributed by atoms with Gasteiger partial charge in [0, 0.05) is 25.4 Å². The molecule has 1 amide bonds. The van der Waals surface area contributed by atoms with Crippen molar-refractivity contribution in [3.63, 3.8) is 0 Å². The van der Waals surface area contributed by atoms with Crippen molar-refractivity contribution in [2.45, 2.75) is 64.9 Å². The van der Waals surface area contributed by atoms with Gasteiger partial charge in [0.25, 0.3) is 0 Å². The van der Waals surface area contributed by atoms with E-state index in [9.17, 15) is 18.0 Å². The van der Waals surface area contributed by atoms with Crippen LogP contribution in [0.15, 0.2) is 12.4 Å². The topological polar surface area (TPSA) is 158 Å². The molecule has 3 aromatic heterocycles. The Hall–Kier alpha value is -3.91. The zero-order valence-corrected chi connectivity index (χ0v) is 21.3. The second-order valence-corrected chi connectivity index (χ2v) is 9.36. The van der Waals surface area contributed by atoms with Crippen molar-refractivity contribution in [2.24, 2.45) is 0 Å². The fourth-order valence-electron chi connectivity index (χ4n) is 3.52. The highest BCUT2D eigenvalue weighted by Gasteiger charge is 2.30. The van der Waals surface area contributed by atoms with Gasteiger partial charge in [0.05, 0.1) is 12.4 Å². The molecule has 0 saturated carbocycles. The predicted molar refractivity (Wildman–Crippen MR) is 132 cm³/mol. The van der Waals surface area contributed by atoms with Crippen molar-refractivity contribution in [1.29, 1.82) is 0 Å². The minimum Gasteiger partial charge on any atom is -0.444 e. The van der Waals surface area contributed by atoms with Crippen LogP contribution >= 0.6 is 0 Å². The van der Waals surface area contributed by atoms with Gasteiger partial charge in [-0.25, -0.2) is 24.7 Å². The predicted octanol–water partition coefficient (Wildman–Crippen LogP) is 3.57. The molecule has 3 rings (SSSR count). The Morgan fingerprint density at radius 1 is 1.19 bits per heavy atom. The minimum absolute atomic E-state index is 0.00674. The van der Waals surface area contributed by atoms with E-state index in [1.54, 1.807) is 40.8 Å². The standard InChI is InChI=1S/C22H31F3N10O2/c1-12-9-14(32-19(26)30-12)28-8-6-7-13(31-20(36)37-21(2,3)4)16-33-17(27-5)15-18(34-16)35(11-29-15)10-22(23,24)25/h9,11,13H,6-8,10H2,1-5H3,(H,31,36)(H,27,33,34)(H3,26,28,30,32). The Balaban J connectivity index is 1.86. The average Bonchev–Trinajstić information content (AvgIpc) is 3.14. The van der Waals surface area contributed by atoms with Gasteiger partial charge in [-0.3, -0.25) is 0 Å². The van der Waals surface area contributed by atoms with Crippen LogP contribution in [0, 0.1) is 6.92 Å². The molecule has 0 aliphatic carbocycles. The third kappa shape index (κ3) is 8.05. The normalized spacial score (nSPS) is 12.9. The molecule has 0 fully saturated rings. The number of rotatable bonds is 9. The van der Waals surface area contributed by atoms with Crippen LogP contribution in [-0.4, -0.2) is 61.0 Å². The van der Waals surface area contributed by atoms with Crippen LogP contribution in [-0.2, 0) is 11.3 Å². The number of halogens is 3. The molecule has 0 aromatic carbocycles. The first-order chi connectivity index (χ1) is 17.2. The van der Waals surface area contributed by atoms with Crippen LogP contribution in [0.4, 0.5) is 35.5 Å². The molecule has 0 saturated heterocycles. The second kappa shape index (κ2) is 11.0. The molecule has 1 atom stereocenters. The van der Waals surface area contributed by atoms with E-state index < -0.39 is 30.5 Å². The summed E-state index contributed by atoms with van der Waals surface area (Å²) in [6.45, 7) is 6.14. The number of aromatic nitrogens is 6. The molecule has 0 bridgehead atoms. The number of fused-ring (bicyclic) bond motifs is 1. The van der Waals surface area contributed by atoms with Crippen LogP contribution in [0.25, 0.3) is 11.2 Å². The number of carbonyl (C=O) groups is 1. The van der Waals surface area contributed by atoms with Crippen LogP contribution in [0.2, 0.25) is 0 Å². The van der Waals surface area contributed by atoms with Gasteiger partial charge in [0.2, 0.25) is 5.95 Å². The minimum atomic E-state index is -4.47. The molecule has 3 heterocycles. The Morgan fingerprint density at radius 3 is 2.54 bits per heavy atom. The molecule has 0 aliphatic heterocycles. The van der Waals surface area contributed by atoms with E-state index in [0.717, 1.165) is 10.9 Å². The van der Waals surface area contributed by atoms with Crippen molar-refractivity contribution in [2.75, 3.05) is 30.0 Å². The third-order valence-electron chi connectivity index (χ3n) is 4.92. The number of nitrogens with two attached hydrogens (primary N) is 1. The van der Waals surface area contributed by atoms with Gasteiger partial charge >= 0.3 is 12.3 Å². The van der Waals surface area contributed by atoms with Crippen molar-refractivity contribution in [3.8, 4) is 0 Å². The summed E-state index contributed by atoms with van der Waals surface area (Å²) in [5.41, 5.74) is 5.81. The number of nitrogen functional groups attached to an aromatic ring is 1. The summed E-state index contributed by atoms with van der Waals surface area (Å²) in [4.78, 5) is 33.5. The maximum absolute atomic E-state index is 13.1. The van der Waals surface area contributed by atoms with E-state index >= 15 is 0 Å². The number of aryl methyl sites for hydroxylation is 1. The molecule has 0 spiro atoms. The lowest BCUT2D eigenvalue weighted by Crippen LogP contribution is -2.36. The number of alkyl halides is 3. The molecular formula is C22H31F3N10O2. The van der Waals surface area contributed by atoms with Crippen LogP contribution in [0.1, 0.15) is 51.2 Å². The molecule has 202 valence electrons. The van der Waals surface area contributed by atoms with Crippen molar-refractivity contribution in [3.05, 3.63) is 23.9 Å². The molecule has 37 heavy (non-hydrogen) atoms. The van der Waals surface area contributed by atoms with E-state index in [-0.39, 0.29) is 28.8 Å². The molecule has 15 heteroatoms. The van der Waals surface area contributed by atoms with E-state index in [2.05, 4.69) is 40.9 Å². The zero-order chi connectivity index (χ0) is 27.4. The van der Waals surface area contributed by atoms with Gasteiger partial charge in [-0.1, -0.05) is 0 Å². The summed E-state index contributed by atoms with van der Waals surface area (Å²) in [5.74, 6) is 1.05. The van der Waals surface area contributed by atoms with E-state index in [1.807, 2.05) is 0 Å². The highest BCUT2D eigenvalue weighted by molar-refractivity contribution is 5.83. The molecule has 0 aliphatic rings. The molecular weight excluding hydrogens is 493 g/mol. The number of carbonyl (C=O) groups excluding carboxylic acids is 1. The number of ether oxygens (including phenoxy) is 1. The van der Waals surface area contributed by atoms with Crippen LogP contribution in [0.3, 0.4) is 0 Å². The fourth-order valence-corrected chi connectivity index (χ4v) is 3.52. The number of imidazole rings is 1. The molecule has 3 aromatic rings. The largest absolute Gasteiger partial charge is 0.444 e. The lowest BCUT2D eigenvalue weighted by Gasteiger charge is -2.23. The first-order valence-electron chi connectivity index (χ1n) is 11.6. The molecule has 5 N–H and O–H groups in total. The fraction of sp³-hybridized carbons (Fsp3) is 0.545. The highest BCUT2D eigenvalue weighted by Crippen LogP contribution is 2.26. The Labute approximate surface area is 211 Å². The van der Waals surface area contributed by atoms with Gasteiger partial charge in [-0.15, -0.1) is 0 Å². The third-order valence-corrected chi connectivity index (χ3v) is 4.92. The summed E-state index contributed by atoms with van der Waals surface area (Å²) in [6, 6.07) is 0.977. The lowest BCUT2D eigenvalue weighted by atomic mass is 10.1. The van der Waals surface area contributed by atoms with Crippen LogP contribution < -0.4 is 21.7 Å². The molecule has 0 radical (unpaired) electrons. The number of hydrogen-bond donors (Lipinski definition) is 4. The number of anilines is 3. The molecule has 12 nitrogen and oxygen atoms in total. The smallest absolute Gasteiger partial charge is 0.408 e. The molecule has 1 unspecified atom stereocenters. The number of nitrogens with one attached hydrogen (secondary N) is 3. The van der Waals surface area contributed by atoms with E-state index in [1.165, 1.54) is 0 Å². The quantitative estimate of drug-likeness (QED) is 0.305. The summed E-state index contributed by atoms with van der Waals surface area (Å²) >= 11 is 0. The maximum atomic E-state index is 13.1. The second-order valence-electron chi connectivity index (χ2n) is 9.36. The van der Waals surface area contributed by atoms with Crippen molar-refractivity contribution >= 4 is 34.8 Å². The Morgan fingerprint density at radius 2 is 1.92 bits per heavy atom. The van der Waals surface area contributed by atoms with E-state index in [4.69, 9.17) is 10.5 Å². The zero-order valence-electron chi connectivity index (χ0n) is 21.3. The van der Waals surface area contributed by atoms with Gasteiger partial charge in [-0.05, 0) is 40.5 Å². The monoisotopic (exact) mass is 524 g/mol. The van der Waals surface area contributed by atoms with Crippen molar-refractivity contribution in [1.82, 2.24) is 34.8 Å². The number of nitrogens with zero attached hydrogens (tertiary/aromatic N) is 6. The number of amides is 1. The summed E-state index contributed by atoms with van der Waals surface area (Å²) in [6.07, 6.45) is -3.26. The van der Waals surface area contributed by atoms with Crippen molar-refractivity contribution < 1.29 is 22.7 Å².